The molecule has 0 saturated carbocycles. The summed E-state index contributed by atoms with van der Waals surface area (Å²) in [6.07, 6.45) is 1.10. The average molecular weight is 248 g/mol. The molecule has 0 aromatic carbocycles. The highest BCUT2D eigenvalue weighted by molar-refractivity contribution is 5.93. The van der Waals surface area contributed by atoms with Crippen LogP contribution in [0.15, 0.2) is 6.07 Å². The van der Waals surface area contributed by atoms with Crippen molar-refractivity contribution in [3.05, 3.63) is 17.5 Å². The van der Waals surface area contributed by atoms with Crippen LogP contribution in [0.4, 0.5) is 5.95 Å². The Morgan fingerprint density at radius 3 is 2.78 bits per heavy atom. The summed E-state index contributed by atoms with van der Waals surface area (Å²) in [6.45, 7) is 5.87. The van der Waals surface area contributed by atoms with Gasteiger partial charge in [0, 0.05) is 25.3 Å². The number of hydrogen-bond acceptors (Lipinski definition) is 5. The van der Waals surface area contributed by atoms with Crippen LogP contribution in [0.1, 0.15) is 17.8 Å². The summed E-state index contributed by atoms with van der Waals surface area (Å²) >= 11 is 0. The Morgan fingerprint density at radius 2 is 2.06 bits per heavy atom. The first-order valence-corrected chi connectivity index (χ1v) is 6.20. The number of hydrogen-bond donors (Lipinski definition) is 2. The maximum Gasteiger partial charge on any atom is 0.226 e. The summed E-state index contributed by atoms with van der Waals surface area (Å²) in [5, 5.41) is 7.48. The van der Waals surface area contributed by atoms with Crippen molar-refractivity contribution in [2.24, 2.45) is 5.73 Å². The van der Waals surface area contributed by atoms with Gasteiger partial charge in [0.25, 0.3) is 0 Å². The number of nitrogens with one attached hydrogen (secondary N) is 1. The molecular formula is C12H20N6. The van der Waals surface area contributed by atoms with Gasteiger partial charge in [0.1, 0.15) is 11.5 Å². The molecule has 1 aromatic heterocycles. The molecule has 0 spiro atoms. The minimum Gasteiger partial charge on any atom is -0.382 e. The third-order valence-electron chi connectivity index (χ3n) is 3.12. The quantitative estimate of drug-likeness (QED) is 0.577. The molecule has 0 amide bonds. The highest BCUT2D eigenvalue weighted by Gasteiger charge is 2.16. The first-order valence-electron chi connectivity index (χ1n) is 6.20. The number of nitrogens with zero attached hydrogens (tertiary/aromatic N) is 4. The summed E-state index contributed by atoms with van der Waals surface area (Å²) in [6, 6.07) is 1.75. The second kappa shape index (κ2) is 5.30. The van der Waals surface area contributed by atoms with E-state index in [1.807, 2.05) is 6.92 Å². The number of likely N-dealkylation sites (N-methyl/N-ethyl adjacent to an activating group) is 1. The van der Waals surface area contributed by atoms with E-state index in [4.69, 9.17) is 11.1 Å². The molecule has 98 valence electrons. The zero-order valence-corrected chi connectivity index (χ0v) is 11.0. The molecule has 1 aromatic rings. The maximum atomic E-state index is 7.48. The standard InChI is InChI=1S/C12H20N6/c1-9-8-10(11(13)14)16-12(15-9)18-5-3-4-17(2)6-7-18/h8H,3-7H2,1-2H3,(H3,13,14). The number of aromatic nitrogens is 2. The van der Waals surface area contributed by atoms with Crippen LogP contribution in [0.5, 0.6) is 0 Å². The van der Waals surface area contributed by atoms with Gasteiger partial charge in [-0.15, -0.1) is 0 Å². The molecule has 1 aliphatic rings. The van der Waals surface area contributed by atoms with Crippen molar-refractivity contribution in [2.75, 3.05) is 38.1 Å². The number of rotatable bonds is 2. The van der Waals surface area contributed by atoms with Gasteiger partial charge in [-0.25, -0.2) is 9.97 Å². The van der Waals surface area contributed by atoms with E-state index in [2.05, 4.69) is 26.8 Å². The van der Waals surface area contributed by atoms with Crippen LogP contribution in [-0.4, -0.2) is 53.9 Å². The van der Waals surface area contributed by atoms with Crippen LogP contribution in [0, 0.1) is 12.3 Å². The summed E-state index contributed by atoms with van der Waals surface area (Å²) in [4.78, 5) is 13.3. The average Bonchev–Trinajstić information content (AvgIpc) is 2.53. The Morgan fingerprint density at radius 1 is 1.28 bits per heavy atom. The Bertz CT molecular complexity index is 444. The lowest BCUT2D eigenvalue weighted by Crippen LogP contribution is -2.31. The molecule has 6 nitrogen and oxygen atoms in total. The Balaban J connectivity index is 2.24. The van der Waals surface area contributed by atoms with Gasteiger partial charge in [0.05, 0.1) is 0 Å². The number of amidine groups is 1. The first-order chi connectivity index (χ1) is 8.56. The molecular weight excluding hydrogens is 228 g/mol. The van der Waals surface area contributed by atoms with Gasteiger partial charge in [-0.1, -0.05) is 0 Å². The van der Waals surface area contributed by atoms with E-state index >= 15 is 0 Å². The predicted octanol–water partition coefficient (Wildman–Crippen LogP) is 0.211. The molecule has 18 heavy (non-hydrogen) atoms. The molecule has 1 fully saturated rings. The third-order valence-corrected chi connectivity index (χ3v) is 3.12. The predicted molar refractivity (Wildman–Crippen MR) is 72.1 cm³/mol. The molecule has 1 aliphatic heterocycles. The summed E-state index contributed by atoms with van der Waals surface area (Å²) in [7, 11) is 2.13. The Labute approximate surface area is 107 Å². The SMILES string of the molecule is Cc1cc(C(=N)N)nc(N2CCCN(C)CC2)n1. The second-order valence-corrected chi connectivity index (χ2v) is 4.75. The van der Waals surface area contributed by atoms with Gasteiger partial charge in [-0.05, 0) is 33.0 Å². The highest BCUT2D eigenvalue weighted by Crippen LogP contribution is 2.12. The van der Waals surface area contributed by atoms with E-state index < -0.39 is 0 Å². The minimum atomic E-state index is -0.00584. The molecule has 2 heterocycles. The molecule has 1 saturated heterocycles. The normalized spacial score (nSPS) is 17.6. The van der Waals surface area contributed by atoms with Gasteiger partial charge in [0.2, 0.25) is 5.95 Å². The lowest BCUT2D eigenvalue weighted by Gasteiger charge is -2.21. The number of nitrogen functional groups attached to an aromatic ring is 1. The molecule has 2 rings (SSSR count). The highest BCUT2D eigenvalue weighted by atomic mass is 15.3. The number of anilines is 1. The van der Waals surface area contributed by atoms with Gasteiger partial charge in [-0.2, -0.15) is 0 Å². The van der Waals surface area contributed by atoms with Crippen molar-refractivity contribution in [3.63, 3.8) is 0 Å². The van der Waals surface area contributed by atoms with Crippen LogP contribution >= 0.6 is 0 Å². The zero-order valence-electron chi connectivity index (χ0n) is 11.0. The van der Waals surface area contributed by atoms with Crippen molar-refractivity contribution < 1.29 is 0 Å². The molecule has 0 unspecified atom stereocenters. The van der Waals surface area contributed by atoms with Crippen molar-refractivity contribution in [3.8, 4) is 0 Å². The van der Waals surface area contributed by atoms with Crippen molar-refractivity contribution >= 4 is 11.8 Å². The molecule has 6 heteroatoms. The van der Waals surface area contributed by atoms with E-state index in [-0.39, 0.29) is 5.84 Å². The zero-order chi connectivity index (χ0) is 13.1. The van der Waals surface area contributed by atoms with E-state index in [0.29, 0.717) is 11.6 Å². The van der Waals surface area contributed by atoms with Crippen LogP contribution < -0.4 is 10.6 Å². The van der Waals surface area contributed by atoms with E-state index in [1.54, 1.807) is 6.07 Å². The van der Waals surface area contributed by atoms with Crippen molar-refractivity contribution in [1.82, 2.24) is 14.9 Å². The fraction of sp³-hybridized carbons (Fsp3) is 0.583. The summed E-state index contributed by atoms with van der Waals surface area (Å²) in [5.74, 6) is 0.684. The second-order valence-electron chi connectivity index (χ2n) is 4.75. The monoisotopic (exact) mass is 248 g/mol. The molecule has 0 bridgehead atoms. The lowest BCUT2D eigenvalue weighted by molar-refractivity contribution is 0.360. The van der Waals surface area contributed by atoms with Crippen LogP contribution in [-0.2, 0) is 0 Å². The fourth-order valence-corrected chi connectivity index (χ4v) is 2.08. The first kappa shape index (κ1) is 12.8. The number of nitrogens with two attached hydrogens (primary N) is 1. The molecule has 0 aliphatic carbocycles. The van der Waals surface area contributed by atoms with Crippen LogP contribution in [0.2, 0.25) is 0 Å². The van der Waals surface area contributed by atoms with E-state index in [1.165, 1.54) is 0 Å². The molecule has 0 atom stereocenters. The van der Waals surface area contributed by atoms with Crippen molar-refractivity contribution in [1.29, 1.82) is 5.41 Å². The Kier molecular flexibility index (Phi) is 3.76. The lowest BCUT2D eigenvalue weighted by atomic mass is 10.3. The topological polar surface area (TPSA) is 82.1 Å². The van der Waals surface area contributed by atoms with E-state index in [0.717, 1.165) is 38.3 Å². The van der Waals surface area contributed by atoms with Gasteiger partial charge in [-0.3, -0.25) is 5.41 Å². The summed E-state index contributed by atoms with van der Waals surface area (Å²) < 4.78 is 0. The van der Waals surface area contributed by atoms with Crippen LogP contribution in [0.25, 0.3) is 0 Å². The van der Waals surface area contributed by atoms with Gasteiger partial charge >= 0.3 is 0 Å². The van der Waals surface area contributed by atoms with Crippen LogP contribution in [0.3, 0.4) is 0 Å². The maximum absolute atomic E-state index is 7.48. The summed E-state index contributed by atoms with van der Waals surface area (Å²) in [5.41, 5.74) is 6.86. The molecule has 0 radical (unpaired) electrons. The third kappa shape index (κ3) is 2.95. The van der Waals surface area contributed by atoms with E-state index in [9.17, 15) is 0 Å². The smallest absolute Gasteiger partial charge is 0.226 e. The largest absolute Gasteiger partial charge is 0.382 e. The van der Waals surface area contributed by atoms with Crippen molar-refractivity contribution in [2.45, 2.75) is 13.3 Å². The van der Waals surface area contributed by atoms with Gasteiger partial charge in [0.15, 0.2) is 0 Å². The minimum absolute atomic E-state index is 0.00584. The van der Waals surface area contributed by atoms with Gasteiger partial charge < -0.3 is 15.5 Å². The Hall–Kier alpha value is -1.69. The number of aryl methyl sites for hydroxylation is 1. The molecule has 3 N–H and O–H groups in total. The fourth-order valence-electron chi connectivity index (χ4n) is 2.08.